The van der Waals surface area contributed by atoms with E-state index in [0.717, 1.165) is 9.35 Å². The molecule has 1 heterocycles. The molecule has 6 nitrogen and oxygen atoms in total. The van der Waals surface area contributed by atoms with Gasteiger partial charge in [-0.15, -0.1) is 11.3 Å². The Hall–Kier alpha value is -1.93. The number of para-hydroxylation sites is 1. The Morgan fingerprint density at radius 2 is 2.25 bits per heavy atom. The van der Waals surface area contributed by atoms with Crippen molar-refractivity contribution in [1.82, 2.24) is 5.32 Å². The Kier molecular flexibility index (Phi) is 4.35. The zero-order chi connectivity index (χ0) is 14.7. The van der Waals surface area contributed by atoms with Gasteiger partial charge in [-0.2, -0.15) is 0 Å². The zero-order valence-corrected chi connectivity index (χ0v) is 12.5. The number of hydrogen-bond donors (Lipinski definition) is 2. The van der Waals surface area contributed by atoms with Gasteiger partial charge in [0.15, 0.2) is 0 Å². The Labute approximate surface area is 126 Å². The average molecular weight is 356 g/mol. The van der Waals surface area contributed by atoms with E-state index in [1.165, 1.54) is 29.5 Å². The largest absolute Gasteiger partial charge is 0.393 e. The summed E-state index contributed by atoms with van der Waals surface area (Å²) in [6.45, 7) is 0.307. The first-order chi connectivity index (χ1) is 9.49. The van der Waals surface area contributed by atoms with Crippen LogP contribution in [-0.4, -0.2) is 10.8 Å². The van der Waals surface area contributed by atoms with Crippen LogP contribution in [0.3, 0.4) is 0 Å². The van der Waals surface area contributed by atoms with Crippen molar-refractivity contribution in [2.45, 2.75) is 6.54 Å². The van der Waals surface area contributed by atoms with Crippen LogP contribution in [0.1, 0.15) is 15.2 Å². The summed E-state index contributed by atoms with van der Waals surface area (Å²) in [6.07, 6.45) is 0. The standard InChI is InChI=1S/C12H10BrN3O3S/c13-7-4-8(20-6-7)5-15-12(17)9-2-1-3-10(14)11(9)16(18)19/h1-4,6H,5,14H2,(H,15,17). The molecule has 0 saturated carbocycles. The van der Waals surface area contributed by atoms with Gasteiger partial charge in [0, 0.05) is 14.7 Å². The minimum Gasteiger partial charge on any atom is -0.393 e. The van der Waals surface area contributed by atoms with Gasteiger partial charge in [-0.1, -0.05) is 6.07 Å². The molecule has 0 saturated heterocycles. The monoisotopic (exact) mass is 355 g/mol. The molecule has 1 amide bonds. The molecule has 0 unspecified atom stereocenters. The zero-order valence-electron chi connectivity index (χ0n) is 10.1. The maximum Gasteiger partial charge on any atom is 0.304 e. The number of nitrogens with two attached hydrogens (primary N) is 1. The number of benzene rings is 1. The number of nitrogens with zero attached hydrogens (tertiary/aromatic N) is 1. The summed E-state index contributed by atoms with van der Waals surface area (Å²) in [5.74, 6) is -0.520. The Balaban J connectivity index is 2.17. The number of thiophene rings is 1. The van der Waals surface area contributed by atoms with Crippen molar-refractivity contribution in [1.29, 1.82) is 0 Å². The summed E-state index contributed by atoms with van der Waals surface area (Å²) in [7, 11) is 0. The number of nitro benzene ring substituents is 1. The first-order valence-electron chi connectivity index (χ1n) is 5.53. The predicted octanol–water partition coefficient (Wildman–Crippen LogP) is 2.93. The molecule has 0 aliphatic carbocycles. The number of rotatable bonds is 4. The van der Waals surface area contributed by atoms with E-state index >= 15 is 0 Å². The van der Waals surface area contributed by atoms with Crippen molar-refractivity contribution in [2.24, 2.45) is 0 Å². The fourth-order valence-electron chi connectivity index (χ4n) is 1.66. The topological polar surface area (TPSA) is 98.3 Å². The van der Waals surface area contributed by atoms with Crippen LogP contribution in [0, 0.1) is 10.1 Å². The van der Waals surface area contributed by atoms with E-state index in [9.17, 15) is 14.9 Å². The Bertz CT molecular complexity index is 672. The number of amides is 1. The molecule has 0 aliphatic rings. The van der Waals surface area contributed by atoms with Gasteiger partial charge in [0.2, 0.25) is 0 Å². The van der Waals surface area contributed by atoms with Crippen LogP contribution < -0.4 is 11.1 Å². The maximum atomic E-state index is 12.0. The summed E-state index contributed by atoms with van der Waals surface area (Å²) < 4.78 is 0.932. The molecule has 3 N–H and O–H groups in total. The Morgan fingerprint density at radius 1 is 1.50 bits per heavy atom. The number of anilines is 1. The van der Waals surface area contributed by atoms with Crippen LogP contribution in [0.15, 0.2) is 34.1 Å². The van der Waals surface area contributed by atoms with Crippen molar-refractivity contribution in [3.05, 3.63) is 54.7 Å². The van der Waals surface area contributed by atoms with Crippen molar-refractivity contribution < 1.29 is 9.72 Å². The SMILES string of the molecule is Nc1cccc(C(=O)NCc2cc(Br)cs2)c1[N+](=O)[O-]. The van der Waals surface area contributed by atoms with Crippen molar-refractivity contribution >= 4 is 44.5 Å². The molecule has 0 radical (unpaired) electrons. The van der Waals surface area contributed by atoms with Crippen LogP contribution in [0.2, 0.25) is 0 Å². The van der Waals surface area contributed by atoms with Crippen LogP contribution in [-0.2, 0) is 6.54 Å². The lowest BCUT2D eigenvalue weighted by Gasteiger charge is -2.06. The number of carbonyl (C=O) groups excluding carboxylic acids is 1. The molecule has 1 aromatic heterocycles. The minimum absolute atomic E-state index is 0.0264. The van der Waals surface area contributed by atoms with Gasteiger partial charge in [-0.25, -0.2) is 0 Å². The third-order valence-electron chi connectivity index (χ3n) is 2.54. The average Bonchev–Trinajstić information content (AvgIpc) is 2.81. The lowest BCUT2D eigenvalue weighted by atomic mass is 10.1. The van der Waals surface area contributed by atoms with Gasteiger partial charge >= 0.3 is 5.69 Å². The second kappa shape index (κ2) is 6.02. The van der Waals surface area contributed by atoms with Gasteiger partial charge in [-0.3, -0.25) is 14.9 Å². The van der Waals surface area contributed by atoms with Crippen LogP contribution >= 0.6 is 27.3 Å². The van der Waals surface area contributed by atoms with E-state index < -0.39 is 10.8 Å². The molecule has 2 rings (SSSR count). The van der Waals surface area contributed by atoms with Crippen molar-refractivity contribution in [3.8, 4) is 0 Å². The molecule has 0 aliphatic heterocycles. The van der Waals surface area contributed by atoms with E-state index in [4.69, 9.17) is 5.73 Å². The molecule has 20 heavy (non-hydrogen) atoms. The maximum absolute atomic E-state index is 12.0. The number of nitrogens with one attached hydrogen (secondary N) is 1. The molecule has 1 aromatic carbocycles. The molecular weight excluding hydrogens is 346 g/mol. The summed E-state index contributed by atoms with van der Waals surface area (Å²) in [6, 6.07) is 6.16. The van der Waals surface area contributed by atoms with E-state index in [2.05, 4.69) is 21.2 Å². The van der Waals surface area contributed by atoms with E-state index in [1.807, 2.05) is 11.4 Å². The van der Waals surface area contributed by atoms with Gasteiger partial charge in [0.05, 0.1) is 11.5 Å². The number of hydrogen-bond acceptors (Lipinski definition) is 5. The van der Waals surface area contributed by atoms with Gasteiger partial charge < -0.3 is 11.1 Å². The third kappa shape index (κ3) is 3.14. The quantitative estimate of drug-likeness (QED) is 0.500. The molecule has 0 bridgehead atoms. The van der Waals surface area contributed by atoms with Gasteiger partial charge in [0.1, 0.15) is 11.3 Å². The molecule has 104 valence electrons. The van der Waals surface area contributed by atoms with Gasteiger partial charge in [0.25, 0.3) is 5.91 Å². The van der Waals surface area contributed by atoms with Crippen LogP contribution in [0.25, 0.3) is 0 Å². The lowest BCUT2D eigenvalue weighted by molar-refractivity contribution is -0.384. The predicted molar refractivity (Wildman–Crippen MR) is 80.7 cm³/mol. The first-order valence-corrected chi connectivity index (χ1v) is 7.20. The highest BCUT2D eigenvalue weighted by atomic mass is 79.9. The summed E-state index contributed by atoms with van der Waals surface area (Å²) in [5.41, 5.74) is 5.12. The fraction of sp³-hybridized carbons (Fsp3) is 0.0833. The lowest BCUT2D eigenvalue weighted by Crippen LogP contribution is -2.23. The highest BCUT2D eigenvalue weighted by Gasteiger charge is 2.22. The summed E-state index contributed by atoms with van der Waals surface area (Å²) in [5, 5.41) is 15.5. The van der Waals surface area contributed by atoms with E-state index in [1.54, 1.807) is 0 Å². The van der Waals surface area contributed by atoms with Crippen molar-refractivity contribution in [3.63, 3.8) is 0 Å². The molecule has 2 aromatic rings. The first kappa shape index (κ1) is 14.5. The second-order valence-electron chi connectivity index (χ2n) is 3.91. The second-order valence-corrected chi connectivity index (χ2v) is 5.83. The molecule has 0 fully saturated rings. The number of nitrogen functional groups attached to an aromatic ring is 1. The molecule has 8 heteroatoms. The van der Waals surface area contributed by atoms with E-state index in [0.29, 0.717) is 6.54 Å². The number of halogens is 1. The number of carbonyl (C=O) groups is 1. The fourth-order valence-corrected chi connectivity index (χ4v) is 3.05. The normalized spacial score (nSPS) is 10.2. The summed E-state index contributed by atoms with van der Waals surface area (Å²) in [4.78, 5) is 23.3. The number of nitro groups is 1. The highest BCUT2D eigenvalue weighted by Crippen LogP contribution is 2.26. The molecule has 0 atom stereocenters. The van der Waals surface area contributed by atoms with Crippen LogP contribution in [0.5, 0.6) is 0 Å². The molecular formula is C12H10BrN3O3S. The summed E-state index contributed by atoms with van der Waals surface area (Å²) >= 11 is 4.80. The van der Waals surface area contributed by atoms with Crippen molar-refractivity contribution in [2.75, 3.05) is 5.73 Å². The highest BCUT2D eigenvalue weighted by molar-refractivity contribution is 9.10. The third-order valence-corrected chi connectivity index (χ3v) is 4.24. The molecule has 0 spiro atoms. The Morgan fingerprint density at radius 3 is 2.85 bits per heavy atom. The van der Waals surface area contributed by atoms with Gasteiger partial charge in [-0.05, 0) is 34.1 Å². The minimum atomic E-state index is -0.647. The van der Waals surface area contributed by atoms with E-state index in [-0.39, 0.29) is 16.9 Å². The van der Waals surface area contributed by atoms with Crippen LogP contribution in [0.4, 0.5) is 11.4 Å². The smallest absolute Gasteiger partial charge is 0.304 e.